The van der Waals surface area contributed by atoms with Crippen molar-refractivity contribution in [3.8, 4) is 11.5 Å². The van der Waals surface area contributed by atoms with Crippen LogP contribution in [0, 0.1) is 12.8 Å². The fourth-order valence-electron chi connectivity index (χ4n) is 2.96. The second-order valence-electron chi connectivity index (χ2n) is 7.29. The molecule has 0 radical (unpaired) electrons. The highest BCUT2D eigenvalue weighted by Gasteiger charge is 2.19. The van der Waals surface area contributed by atoms with Gasteiger partial charge in [0.25, 0.3) is 0 Å². The van der Waals surface area contributed by atoms with E-state index < -0.39 is 12.0 Å². The first-order valence-corrected chi connectivity index (χ1v) is 9.69. The molecule has 0 amide bonds. The Labute approximate surface area is 171 Å². The molecule has 0 aliphatic carbocycles. The van der Waals surface area contributed by atoms with Crippen molar-refractivity contribution in [1.82, 2.24) is 5.32 Å². The summed E-state index contributed by atoms with van der Waals surface area (Å²) in [6.45, 7) is 6.78. The molecular weight excluding hydrogens is 378 g/mol. The van der Waals surface area contributed by atoms with E-state index in [0.29, 0.717) is 36.1 Å². The zero-order valence-corrected chi connectivity index (χ0v) is 17.5. The summed E-state index contributed by atoms with van der Waals surface area (Å²) in [5.74, 6) is 0.424. The Morgan fingerprint density at radius 3 is 2.57 bits per heavy atom. The highest BCUT2D eigenvalue weighted by Crippen LogP contribution is 2.37. The highest BCUT2D eigenvalue weighted by atomic mass is 35.5. The molecule has 0 aliphatic rings. The molecule has 0 bridgehead atoms. The Balaban J connectivity index is 2.10. The molecule has 6 heteroatoms. The summed E-state index contributed by atoms with van der Waals surface area (Å²) in [5, 5.41) is 12.9. The maximum absolute atomic E-state index is 11.4. The lowest BCUT2D eigenvalue weighted by atomic mass is 10.0. The van der Waals surface area contributed by atoms with E-state index >= 15 is 0 Å². The summed E-state index contributed by atoms with van der Waals surface area (Å²) >= 11 is 6.42. The van der Waals surface area contributed by atoms with Crippen LogP contribution in [0.4, 0.5) is 0 Å². The molecule has 28 heavy (non-hydrogen) atoms. The number of aryl methyl sites for hydroxylation is 1. The summed E-state index contributed by atoms with van der Waals surface area (Å²) in [6.07, 6.45) is 0.553. The molecule has 2 rings (SSSR count). The second kappa shape index (κ2) is 10.3. The SMILES string of the molecule is COc1cc(CNC(CC(C)C)C(=O)O)cc(Cl)c1OCc1cccc(C)c1. The zero-order chi connectivity index (χ0) is 20.7. The average molecular weight is 406 g/mol. The number of benzene rings is 2. The van der Waals surface area contributed by atoms with Gasteiger partial charge in [-0.2, -0.15) is 0 Å². The van der Waals surface area contributed by atoms with E-state index in [1.54, 1.807) is 13.2 Å². The van der Waals surface area contributed by atoms with E-state index in [-0.39, 0.29) is 5.92 Å². The molecule has 2 aromatic rings. The number of hydrogen-bond donors (Lipinski definition) is 2. The van der Waals surface area contributed by atoms with E-state index in [2.05, 4.69) is 11.4 Å². The van der Waals surface area contributed by atoms with Gasteiger partial charge in [-0.15, -0.1) is 0 Å². The number of halogens is 1. The Morgan fingerprint density at radius 2 is 1.96 bits per heavy atom. The molecular formula is C22H28ClNO4. The van der Waals surface area contributed by atoms with Gasteiger partial charge in [-0.1, -0.05) is 55.3 Å². The molecule has 0 fully saturated rings. The minimum Gasteiger partial charge on any atom is -0.493 e. The van der Waals surface area contributed by atoms with Crippen molar-refractivity contribution in [2.24, 2.45) is 5.92 Å². The predicted octanol–water partition coefficient (Wildman–Crippen LogP) is 4.82. The number of methoxy groups -OCH3 is 1. The zero-order valence-electron chi connectivity index (χ0n) is 16.8. The molecule has 0 saturated heterocycles. The Kier molecular flexibility index (Phi) is 8.15. The van der Waals surface area contributed by atoms with E-state index in [4.69, 9.17) is 21.1 Å². The van der Waals surface area contributed by atoms with Crippen LogP contribution >= 0.6 is 11.6 Å². The van der Waals surface area contributed by atoms with Crippen molar-refractivity contribution in [2.45, 2.75) is 46.4 Å². The third-order valence-corrected chi connectivity index (χ3v) is 4.59. The first-order chi connectivity index (χ1) is 13.3. The first kappa shape index (κ1) is 22.1. The molecule has 5 nitrogen and oxygen atoms in total. The van der Waals surface area contributed by atoms with Crippen molar-refractivity contribution in [2.75, 3.05) is 7.11 Å². The highest BCUT2D eigenvalue weighted by molar-refractivity contribution is 6.32. The van der Waals surface area contributed by atoms with Gasteiger partial charge in [0.1, 0.15) is 12.6 Å². The monoisotopic (exact) mass is 405 g/mol. The second-order valence-corrected chi connectivity index (χ2v) is 7.70. The molecule has 2 aromatic carbocycles. The third kappa shape index (κ3) is 6.43. The lowest BCUT2D eigenvalue weighted by Gasteiger charge is -2.18. The minimum absolute atomic E-state index is 0.282. The Bertz CT molecular complexity index is 807. The molecule has 0 heterocycles. The van der Waals surface area contributed by atoms with Gasteiger partial charge in [0.15, 0.2) is 11.5 Å². The average Bonchev–Trinajstić information content (AvgIpc) is 2.63. The van der Waals surface area contributed by atoms with E-state index in [1.807, 2.05) is 45.0 Å². The van der Waals surface area contributed by atoms with Gasteiger partial charge in [0.05, 0.1) is 12.1 Å². The van der Waals surface area contributed by atoms with Crippen LogP contribution in [0.15, 0.2) is 36.4 Å². The largest absolute Gasteiger partial charge is 0.493 e. The third-order valence-electron chi connectivity index (χ3n) is 4.31. The van der Waals surface area contributed by atoms with Crippen LogP contribution in [0.25, 0.3) is 0 Å². The van der Waals surface area contributed by atoms with Crippen LogP contribution in [0.3, 0.4) is 0 Å². The van der Waals surface area contributed by atoms with E-state index in [0.717, 1.165) is 16.7 Å². The maximum atomic E-state index is 11.4. The number of carbonyl (C=O) groups is 1. The molecule has 152 valence electrons. The van der Waals surface area contributed by atoms with Crippen LogP contribution < -0.4 is 14.8 Å². The summed E-state index contributed by atoms with van der Waals surface area (Å²) in [4.78, 5) is 11.4. The molecule has 0 aliphatic heterocycles. The predicted molar refractivity (Wildman–Crippen MR) is 111 cm³/mol. The fraction of sp³-hybridized carbons (Fsp3) is 0.409. The maximum Gasteiger partial charge on any atom is 0.320 e. The summed E-state index contributed by atoms with van der Waals surface area (Å²) in [5.41, 5.74) is 3.04. The number of hydrogen-bond acceptors (Lipinski definition) is 4. The minimum atomic E-state index is -0.857. The van der Waals surface area contributed by atoms with Crippen molar-refractivity contribution < 1.29 is 19.4 Å². The molecule has 1 atom stereocenters. The van der Waals surface area contributed by atoms with Crippen molar-refractivity contribution >= 4 is 17.6 Å². The van der Waals surface area contributed by atoms with Gasteiger partial charge in [-0.25, -0.2) is 0 Å². The van der Waals surface area contributed by atoms with Crippen LogP contribution in [0.2, 0.25) is 5.02 Å². The van der Waals surface area contributed by atoms with Gasteiger partial charge in [-0.3, -0.25) is 4.79 Å². The lowest BCUT2D eigenvalue weighted by Crippen LogP contribution is -2.37. The molecule has 0 saturated carbocycles. The fourth-order valence-corrected chi connectivity index (χ4v) is 3.24. The number of ether oxygens (including phenoxy) is 2. The number of nitrogens with one attached hydrogen (secondary N) is 1. The number of carboxylic acids is 1. The normalized spacial score (nSPS) is 12.1. The van der Waals surface area contributed by atoms with Gasteiger partial charge < -0.3 is 19.9 Å². The van der Waals surface area contributed by atoms with Gasteiger partial charge in [0, 0.05) is 6.54 Å². The summed E-state index contributed by atoms with van der Waals surface area (Å²) in [7, 11) is 1.56. The van der Waals surface area contributed by atoms with Gasteiger partial charge in [0.2, 0.25) is 0 Å². The van der Waals surface area contributed by atoms with Crippen molar-refractivity contribution in [3.05, 3.63) is 58.1 Å². The van der Waals surface area contributed by atoms with Gasteiger partial charge in [-0.05, 0) is 42.5 Å². The number of aliphatic carboxylic acids is 1. The number of rotatable bonds is 10. The smallest absolute Gasteiger partial charge is 0.320 e. The van der Waals surface area contributed by atoms with E-state index in [9.17, 15) is 9.90 Å². The Morgan fingerprint density at radius 1 is 1.21 bits per heavy atom. The van der Waals surface area contributed by atoms with Crippen molar-refractivity contribution in [1.29, 1.82) is 0 Å². The van der Waals surface area contributed by atoms with Crippen LogP contribution in [-0.2, 0) is 17.9 Å². The molecule has 1 unspecified atom stereocenters. The molecule has 0 aromatic heterocycles. The van der Waals surface area contributed by atoms with Crippen LogP contribution in [0.1, 0.15) is 37.0 Å². The number of carboxylic acid groups (broad SMARTS) is 1. The van der Waals surface area contributed by atoms with Crippen molar-refractivity contribution in [3.63, 3.8) is 0 Å². The quantitative estimate of drug-likeness (QED) is 0.592. The van der Waals surface area contributed by atoms with Crippen LogP contribution in [0.5, 0.6) is 11.5 Å². The topological polar surface area (TPSA) is 67.8 Å². The standard InChI is InChI=1S/C22H28ClNO4/c1-14(2)8-19(22(25)26)24-12-17-10-18(23)21(20(11-17)27-4)28-13-16-7-5-6-15(3)9-16/h5-7,9-11,14,19,24H,8,12-13H2,1-4H3,(H,25,26). The first-order valence-electron chi connectivity index (χ1n) is 9.31. The lowest BCUT2D eigenvalue weighted by molar-refractivity contribution is -0.140. The molecule has 2 N–H and O–H groups in total. The molecule has 0 spiro atoms. The van der Waals surface area contributed by atoms with Gasteiger partial charge >= 0.3 is 5.97 Å². The summed E-state index contributed by atoms with van der Waals surface area (Å²) in [6, 6.07) is 11.0. The van der Waals surface area contributed by atoms with E-state index in [1.165, 1.54) is 0 Å². The Hall–Kier alpha value is -2.24. The van der Waals surface area contributed by atoms with Crippen LogP contribution in [-0.4, -0.2) is 24.2 Å². The summed E-state index contributed by atoms with van der Waals surface area (Å²) < 4.78 is 11.3.